The van der Waals surface area contributed by atoms with Gasteiger partial charge in [0.1, 0.15) is 12.6 Å². The molecule has 0 aliphatic carbocycles. The summed E-state index contributed by atoms with van der Waals surface area (Å²) < 4.78 is 5.02. The maximum absolute atomic E-state index is 12.2. The first-order valence-corrected chi connectivity index (χ1v) is 10.3. The third-order valence-corrected chi connectivity index (χ3v) is 4.66. The lowest BCUT2D eigenvalue weighted by molar-refractivity contribution is -0.142. The molecule has 33 heavy (non-hydrogen) atoms. The van der Waals surface area contributed by atoms with Gasteiger partial charge < -0.3 is 25.6 Å². The number of benzene rings is 2. The van der Waals surface area contributed by atoms with E-state index in [1.165, 1.54) is 6.20 Å². The number of hydrogen-bond acceptors (Lipinski definition) is 7. The minimum absolute atomic E-state index is 0.0704. The van der Waals surface area contributed by atoms with Crippen LogP contribution in [0.1, 0.15) is 17.7 Å². The maximum atomic E-state index is 12.2. The highest BCUT2D eigenvalue weighted by molar-refractivity contribution is 5.84. The van der Waals surface area contributed by atoms with E-state index in [0.717, 1.165) is 5.56 Å². The molecule has 1 heterocycles. The number of nitrogens with one attached hydrogen (secondary N) is 2. The number of carboxylic acids is 1. The molecule has 3 rings (SSSR count). The zero-order chi connectivity index (χ0) is 23.6. The summed E-state index contributed by atoms with van der Waals surface area (Å²) in [5.41, 5.74) is 2.51. The van der Waals surface area contributed by atoms with E-state index in [-0.39, 0.29) is 19.6 Å². The summed E-state index contributed by atoms with van der Waals surface area (Å²) in [4.78, 5) is 44.1. The molecule has 10 heteroatoms. The molecule has 2 aromatic carbocycles. The Kier molecular flexibility index (Phi) is 8.25. The number of carboxylic acid groups (broad SMARTS) is 1. The van der Waals surface area contributed by atoms with Gasteiger partial charge in [0, 0.05) is 19.2 Å². The van der Waals surface area contributed by atoms with Gasteiger partial charge in [-0.1, -0.05) is 42.5 Å². The van der Waals surface area contributed by atoms with Crippen LogP contribution in [0.4, 0.5) is 4.79 Å². The zero-order valence-electron chi connectivity index (χ0n) is 17.7. The molecular weight excluding hydrogens is 428 g/mol. The van der Waals surface area contributed by atoms with Gasteiger partial charge in [-0.2, -0.15) is 0 Å². The number of aliphatic hydroxyl groups excluding tert-OH is 1. The predicted octanol–water partition coefficient (Wildman–Crippen LogP) is 1.42. The first-order chi connectivity index (χ1) is 15.9. The number of aliphatic carboxylic acids is 1. The number of aliphatic hydroxyl groups is 1. The van der Waals surface area contributed by atoms with E-state index in [9.17, 15) is 24.6 Å². The van der Waals surface area contributed by atoms with Gasteiger partial charge in [-0.15, -0.1) is 0 Å². The Morgan fingerprint density at radius 3 is 2.42 bits per heavy atom. The van der Waals surface area contributed by atoms with Gasteiger partial charge in [0.2, 0.25) is 5.91 Å². The number of carbonyl (C=O) groups excluding carboxylic acids is 2. The van der Waals surface area contributed by atoms with Crippen molar-refractivity contribution in [3.8, 4) is 0 Å². The van der Waals surface area contributed by atoms with Gasteiger partial charge in [0.05, 0.1) is 29.3 Å². The van der Waals surface area contributed by atoms with E-state index < -0.39 is 36.5 Å². The van der Waals surface area contributed by atoms with Gasteiger partial charge in [-0.3, -0.25) is 9.78 Å². The lowest BCUT2D eigenvalue weighted by Crippen LogP contribution is -2.44. The predicted molar refractivity (Wildman–Crippen MR) is 118 cm³/mol. The molecular formula is C23H24N4O6. The monoisotopic (exact) mass is 452 g/mol. The molecule has 0 radical (unpaired) electrons. The molecule has 0 aliphatic rings. The number of alkyl carbamates (subject to hydrolysis) is 1. The minimum atomic E-state index is -1.25. The topological polar surface area (TPSA) is 151 Å². The van der Waals surface area contributed by atoms with E-state index in [0.29, 0.717) is 16.7 Å². The average molecular weight is 452 g/mol. The fraction of sp³-hybridized carbons (Fsp3) is 0.261. The van der Waals surface area contributed by atoms with Crippen molar-refractivity contribution in [3.05, 3.63) is 72.1 Å². The Labute approximate surface area is 189 Å². The molecule has 2 amide bonds. The van der Waals surface area contributed by atoms with Crippen molar-refractivity contribution >= 4 is 29.0 Å². The summed E-state index contributed by atoms with van der Waals surface area (Å²) in [5.74, 6) is -1.92. The normalized spacial score (nSPS) is 12.5. The summed E-state index contributed by atoms with van der Waals surface area (Å²) in [5, 5.41) is 24.2. The summed E-state index contributed by atoms with van der Waals surface area (Å²) in [7, 11) is 0. The van der Waals surface area contributed by atoms with Gasteiger partial charge in [-0.25, -0.2) is 14.6 Å². The first-order valence-electron chi connectivity index (χ1n) is 10.3. The second kappa shape index (κ2) is 11.5. The van der Waals surface area contributed by atoms with Crippen molar-refractivity contribution < 1.29 is 29.3 Å². The third-order valence-electron chi connectivity index (χ3n) is 4.66. The molecule has 4 N–H and O–H groups in total. The second-order valence-electron chi connectivity index (χ2n) is 7.31. The largest absolute Gasteiger partial charge is 0.480 e. The molecule has 0 fully saturated rings. The van der Waals surface area contributed by atoms with Crippen LogP contribution in [0.15, 0.2) is 60.8 Å². The molecule has 2 atom stereocenters. The van der Waals surface area contributed by atoms with Crippen LogP contribution in [-0.2, 0) is 27.4 Å². The van der Waals surface area contributed by atoms with Gasteiger partial charge >= 0.3 is 12.1 Å². The van der Waals surface area contributed by atoms with E-state index >= 15 is 0 Å². The Hall–Kier alpha value is -4.05. The summed E-state index contributed by atoms with van der Waals surface area (Å²) in [6.45, 7) is -0.157. The molecule has 0 bridgehead atoms. The highest BCUT2D eigenvalue weighted by Gasteiger charge is 2.23. The smallest absolute Gasteiger partial charge is 0.407 e. The lowest BCUT2D eigenvalue weighted by atomic mass is 10.1. The quantitative estimate of drug-likeness (QED) is 0.361. The summed E-state index contributed by atoms with van der Waals surface area (Å²) in [6.07, 6.45) is -0.962. The number of hydrogen-bond donors (Lipinski definition) is 4. The Bertz CT molecular complexity index is 1110. The highest BCUT2D eigenvalue weighted by atomic mass is 16.5. The minimum Gasteiger partial charge on any atom is -0.480 e. The van der Waals surface area contributed by atoms with Crippen LogP contribution in [0.5, 0.6) is 0 Å². The molecule has 172 valence electrons. The summed E-state index contributed by atoms with van der Waals surface area (Å²) >= 11 is 0. The van der Waals surface area contributed by atoms with E-state index in [2.05, 4.69) is 20.6 Å². The zero-order valence-corrected chi connectivity index (χ0v) is 17.7. The number of rotatable bonds is 10. The van der Waals surface area contributed by atoms with Crippen molar-refractivity contribution in [2.45, 2.75) is 31.6 Å². The van der Waals surface area contributed by atoms with E-state index in [1.807, 2.05) is 24.3 Å². The van der Waals surface area contributed by atoms with Crippen LogP contribution in [-0.4, -0.2) is 56.8 Å². The molecule has 0 spiro atoms. The second-order valence-corrected chi connectivity index (χ2v) is 7.31. The fourth-order valence-corrected chi connectivity index (χ4v) is 3.02. The lowest BCUT2D eigenvalue weighted by Gasteiger charge is -2.16. The van der Waals surface area contributed by atoms with Crippen LogP contribution in [0.2, 0.25) is 0 Å². The third kappa shape index (κ3) is 7.54. The Balaban J connectivity index is 1.44. The van der Waals surface area contributed by atoms with Crippen LogP contribution < -0.4 is 10.6 Å². The number of carbonyl (C=O) groups is 3. The Morgan fingerprint density at radius 2 is 1.70 bits per heavy atom. The number of amides is 2. The van der Waals surface area contributed by atoms with Crippen molar-refractivity contribution in [1.29, 1.82) is 0 Å². The molecule has 3 aromatic rings. The number of ether oxygens (including phenoxy) is 1. The molecule has 0 unspecified atom stereocenters. The van der Waals surface area contributed by atoms with E-state index in [1.54, 1.807) is 30.3 Å². The highest BCUT2D eigenvalue weighted by Crippen LogP contribution is 2.10. The standard InChI is InChI=1S/C23H24N4O6/c28-17(13-25-23(32)33-14-15-6-2-1-3-7-15)11-21(29)27-20(22(30)31)10-16-12-24-18-8-4-5-9-19(18)26-16/h1-9,12,17,20,28H,10-11,13-14H2,(H,25,32)(H,27,29)(H,30,31)/t17-,20+/m0/s1. The first kappa shape index (κ1) is 23.6. The van der Waals surface area contributed by atoms with Crippen molar-refractivity contribution in [2.24, 2.45) is 0 Å². The van der Waals surface area contributed by atoms with Gasteiger partial charge in [0.25, 0.3) is 0 Å². The molecule has 10 nitrogen and oxygen atoms in total. The molecule has 0 aliphatic heterocycles. The van der Waals surface area contributed by atoms with Crippen molar-refractivity contribution in [2.75, 3.05) is 6.54 Å². The van der Waals surface area contributed by atoms with Gasteiger partial charge in [0.15, 0.2) is 0 Å². The van der Waals surface area contributed by atoms with Crippen LogP contribution in [0.3, 0.4) is 0 Å². The van der Waals surface area contributed by atoms with Crippen LogP contribution in [0.25, 0.3) is 11.0 Å². The molecule has 0 saturated heterocycles. The van der Waals surface area contributed by atoms with Crippen molar-refractivity contribution in [3.63, 3.8) is 0 Å². The molecule has 1 aromatic heterocycles. The Morgan fingerprint density at radius 1 is 1.00 bits per heavy atom. The number of aromatic nitrogens is 2. The molecule has 0 saturated carbocycles. The summed E-state index contributed by atoms with van der Waals surface area (Å²) in [6, 6.07) is 15.0. The average Bonchev–Trinajstić information content (AvgIpc) is 2.81. The van der Waals surface area contributed by atoms with Crippen LogP contribution >= 0.6 is 0 Å². The van der Waals surface area contributed by atoms with E-state index in [4.69, 9.17) is 4.74 Å². The fourth-order valence-electron chi connectivity index (χ4n) is 3.02. The van der Waals surface area contributed by atoms with Crippen molar-refractivity contribution in [1.82, 2.24) is 20.6 Å². The number of nitrogens with zero attached hydrogens (tertiary/aromatic N) is 2. The SMILES string of the molecule is O=C(C[C@H](O)CNC(=O)OCc1ccccc1)N[C@H](Cc1cnc2ccccc2n1)C(=O)O. The van der Waals surface area contributed by atoms with Crippen LogP contribution in [0, 0.1) is 0 Å². The van der Waals surface area contributed by atoms with Gasteiger partial charge in [-0.05, 0) is 17.7 Å². The number of para-hydroxylation sites is 2. The number of fused-ring (bicyclic) bond motifs is 1. The maximum Gasteiger partial charge on any atom is 0.407 e.